The average Bonchev–Trinajstić information content (AvgIpc) is 3.31. The molecule has 2 aliphatic rings. The number of piperidine rings is 1. The molecule has 4 rings (SSSR count). The van der Waals surface area contributed by atoms with E-state index in [1.54, 1.807) is 0 Å². The number of benzene rings is 2. The van der Waals surface area contributed by atoms with Crippen molar-refractivity contribution in [2.24, 2.45) is 0 Å². The third kappa shape index (κ3) is 6.92. The minimum atomic E-state index is -4.90. The van der Waals surface area contributed by atoms with Crippen molar-refractivity contribution in [3.05, 3.63) is 82.7 Å². The SMILES string of the molecule is CN(C)N1C=C(CN2CCC[C@@H](OCc3cc(C(F)(F)F)cc(C(F)(F)F)c3)[C@H]2c2ccccc2)NS1. The molecule has 12 heteroatoms. The summed E-state index contributed by atoms with van der Waals surface area (Å²) in [4.78, 5) is 2.23. The molecule has 0 unspecified atom stereocenters. The number of hydrogen-bond acceptors (Lipinski definition) is 6. The second-order valence-corrected chi connectivity index (χ2v) is 9.99. The van der Waals surface area contributed by atoms with E-state index in [-0.39, 0.29) is 24.3 Å². The van der Waals surface area contributed by atoms with Gasteiger partial charge in [0.25, 0.3) is 0 Å². The Morgan fingerprint density at radius 2 is 1.65 bits per heavy atom. The molecule has 0 radical (unpaired) electrons. The highest BCUT2D eigenvalue weighted by atomic mass is 32.2. The van der Waals surface area contributed by atoms with Crippen LogP contribution in [0.1, 0.15) is 41.1 Å². The fraction of sp³-hybridized carbons (Fsp3) is 0.440. The molecule has 2 atom stereocenters. The highest BCUT2D eigenvalue weighted by molar-refractivity contribution is 7.95. The van der Waals surface area contributed by atoms with Gasteiger partial charge in [-0.05, 0) is 48.7 Å². The number of ether oxygens (including phenoxy) is 1. The summed E-state index contributed by atoms with van der Waals surface area (Å²) in [6.07, 6.45) is -6.82. The lowest BCUT2D eigenvalue weighted by molar-refractivity contribution is -0.143. The van der Waals surface area contributed by atoms with E-state index in [2.05, 4.69) is 9.62 Å². The molecule has 2 aromatic rings. The predicted molar refractivity (Wildman–Crippen MR) is 129 cm³/mol. The third-order valence-electron chi connectivity index (χ3n) is 6.24. The largest absolute Gasteiger partial charge is 0.416 e. The molecule has 1 saturated heterocycles. The van der Waals surface area contributed by atoms with Crippen LogP contribution in [0.4, 0.5) is 26.3 Å². The molecule has 1 fully saturated rings. The molecule has 1 N–H and O–H groups in total. The number of rotatable bonds is 7. The molecule has 0 bridgehead atoms. The zero-order chi connectivity index (χ0) is 26.8. The number of hydrazine groups is 1. The molecule has 5 nitrogen and oxygen atoms in total. The predicted octanol–water partition coefficient (Wildman–Crippen LogP) is 6.23. The van der Waals surface area contributed by atoms with Crippen LogP contribution in [0.3, 0.4) is 0 Å². The summed E-state index contributed by atoms with van der Waals surface area (Å²) in [6, 6.07) is 11.0. The summed E-state index contributed by atoms with van der Waals surface area (Å²) in [5.74, 6) is 0. The molecule has 202 valence electrons. The van der Waals surface area contributed by atoms with Crippen LogP contribution in [0.2, 0.25) is 0 Å². The normalized spacial score (nSPS) is 21.3. The Kier molecular flexibility index (Phi) is 8.32. The van der Waals surface area contributed by atoms with Gasteiger partial charge in [-0.25, -0.2) is 9.42 Å². The molecule has 2 heterocycles. The number of likely N-dealkylation sites (tertiary alicyclic amines) is 1. The van der Waals surface area contributed by atoms with Crippen LogP contribution in [0.5, 0.6) is 0 Å². The Morgan fingerprint density at radius 3 is 2.22 bits per heavy atom. The van der Waals surface area contributed by atoms with Gasteiger partial charge in [0.15, 0.2) is 0 Å². The maximum Gasteiger partial charge on any atom is 0.416 e. The summed E-state index contributed by atoms with van der Waals surface area (Å²) in [7, 11) is 3.84. The quantitative estimate of drug-likeness (QED) is 0.327. The van der Waals surface area contributed by atoms with Crippen molar-refractivity contribution in [3.8, 4) is 0 Å². The Hall–Kier alpha value is -2.41. The molecular weight excluding hydrogens is 518 g/mol. The summed E-state index contributed by atoms with van der Waals surface area (Å²) in [6.45, 7) is 0.992. The van der Waals surface area contributed by atoms with Gasteiger partial charge in [0, 0.05) is 20.6 Å². The minimum absolute atomic E-state index is 0.135. The van der Waals surface area contributed by atoms with Crippen molar-refractivity contribution in [2.75, 3.05) is 27.2 Å². The maximum absolute atomic E-state index is 13.3. The van der Waals surface area contributed by atoms with Crippen LogP contribution in [-0.2, 0) is 23.7 Å². The van der Waals surface area contributed by atoms with Gasteiger partial charge in [-0.1, -0.05) is 30.3 Å². The van der Waals surface area contributed by atoms with E-state index in [1.807, 2.05) is 60.1 Å². The molecule has 0 spiro atoms. The van der Waals surface area contributed by atoms with Crippen LogP contribution >= 0.6 is 12.1 Å². The topological polar surface area (TPSA) is 31.0 Å². The van der Waals surface area contributed by atoms with Crippen molar-refractivity contribution in [2.45, 2.75) is 43.9 Å². The molecule has 37 heavy (non-hydrogen) atoms. The van der Waals surface area contributed by atoms with Gasteiger partial charge in [0.2, 0.25) is 0 Å². The average molecular weight is 547 g/mol. The van der Waals surface area contributed by atoms with Crippen LogP contribution in [0, 0.1) is 0 Å². The van der Waals surface area contributed by atoms with Gasteiger partial charge in [0.1, 0.15) is 0 Å². The number of alkyl halides is 6. The first-order valence-corrected chi connectivity index (χ1v) is 12.5. The van der Waals surface area contributed by atoms with Crippen molar-refractivity contribution < 1.29 is 31.1 Å². The highest BCUT2D eigenvalue weighted by Gasteiger charge is 2.38. The van der Waals surface area contributed by atoms with Crippen LogP contribution in [0.15, 0.2) is 60.4 Å². The zero-order valence-electron chi connectivity index (χ0n) is 20.3. The monoisotopic (exact) mass is 546 g/mol. The van der Waals surface area contributed by atoms with Gasteiger partial charge in [-0.2, -0.15) is 26.3 Å². The van der Waals surface area contributed by atoms with Crippen LogP contribution in [0.25, 0.3) is 0 Å². The van der Waals surface area contributed by atoms with Gasteiger partial charge in [-0.3, -0.25) is 4.90 Å². The Balaban J connectivity index is 1.57. The van der Waals surface area contributed by atoms with E-state index in [0.717, 1.165) is 36.4 Å². The molecule has 2 aliphatic heterocycles. The Morgan fingerprint density at radius 1 is 1.00 bits per heavy atom. The van der Waals surface area contributed by atoms with Crippen molar-refractivity contribution >= 4 is 12.1 Å². The number of halogens is 6. The molecule has 0 aliphatic carbocycles. The van der Waals surface area contributed by atoms with E-state index in [4.69, 9.17) is 4.74 Å². The molecule has 0 saturated carbocycles. The van der Waals surface area contributed by atoms with Crippen molar-refractivity contribution in [1.29, 1.82) is 0 Å². The Labute approximate surface area is 216 Å². The second-order valence-electron chi connectivity index (χ2n) is 9.23. The molecule has 2 aromatic carbocycles. The third-order valence-corrected chi connectivity index (χ3v) is 7.21. The number of nitrogens with one attached hydrogen (secondary N) is 1. The summed E-state index contributed by atoms with van der Waals surface area (Å²) in [5.41, 5.74) is -0.888. The lowest BCUT2D eigenvalue weighted by Crippen LogP contribution is -2.44. The first-order valence-electron chi connectivity index (χ1n) is 11.7. The first kappa shape index (κ1) is 27.6. The summed E-state index contributed by atoms with van der Waals surface area (Å²) < 4.78 is 91.1. The van der Waals surface area contributed by atoms with Crippen molar-refractivity contribution in [1.82, 2.24) is 19.0 Å². The minimum Gasteiger partial charge on any atom is -0.372 e. The standard InChI is InChI=1S/C25H28F6N4OS/c1-33(2)35-15-21(32-37-35)14-34-10-6-9-22(23(34)18-7-4-3-5-8-18)36-16-17-11-19(24(26,27)28)13-20(12-17)25(29,30)31/h3-5,7-8,11-13,15,22-23,32H,6,9-10,14,16H2,1-2H3/t22-,23-/m1/s1. The summed E-state index contributed by atoms with van der Waals surface area (Å²) in [5, 5.41) is 1.92. The number of nitrogens with zero attached hydrogens (tertiary/aromatic N) is 3. The van der Waals surface area contributed by atoms with Crippen LogP contribution in [-0.4, -0.2) is 47.6 Å². The Bertz CT molecular complexity index is 1060. The maximum atomic E-state index is 13.3. The van der Waals surface area contributed by atoms with Gasteiger partial charge in [0.05, 0.1) is 53.9 Å². The van der Waals surface area contributed by atoms with Gasteiger partial charge >= 0.3 is 12.4 Å². The smallest absolute Gasteiger partial charge is 0.372 e. The van der Waals surface area contributed by atoms with E-state index in [1.165, 1.54) is 12.1 Å². The first-order chi connectivity index (χ1) is 17.4. The molecule has 0 aromatic heterocycles. The fourth-order valence-electron chi connectivity index (χ4n) is 4.54. The van der Waals surface area contributed by atoms with Gasteiger partial charge in [-0.15, -0.1) is 0 Å². The molecule has 0 amide bonds. The van der Waals surface area contributed by atoms with E-state index < -0.39 is 29.6 Å². The van der Waals surface area contributed by atoms with Gasteiger partial charge < -0.3 is 9.46 Å². The highest BCUT2D eigenvalue weighted by Crippen LogP contribution is 2.38. The van der Waals surface area contributed by atoms with Crippen LogP contribution < -0.4 is 4.72 Å². The van der Waals surface area contributed by atoms with E-state index in [0.29, 0.717) is 13.0 Å². The van der Waals surface area contributed by atoms with E-state index >= 15 is 0 Å². The fourth-order valence-corrected chi connectivity index (χ4v) is 5.21. The lowest BCUT2D eigenvalue weighted by Gasteiger charge is -2.41. The lowest BCUT2D eigenvalue weighted by atomic mass is 9.92. The second kappa shape index (κ2) is 11.1. The van der Waals surface area contributed by atoms with Crippen molar-refractivity contribution in [3.63, 3.8) is 0 Å². The van der Waals surface area contributed by atoms with E-state index in [9.17, 15) is 26.3 Å². The number of hydrogen-bond donors (Lipinski definition) is 1. The molecular formula is C25H28F6N4OS. The zero-order valence-corrected chi connectivity index (χ0v) is 21.1. The summed E-state index contributed by atoms with van der Waals surface area (Å²) >= 11 is 1.43.